The van der Waals surface area contributed by atoms with Crippen molar-refractivity contribution in [3.63, 3.8) is 0 Å². The molecule has 2 N–H and O–H groups in total. The Bertz CT molecular complexity index is 593. The van der Waals surface area contributed by atoms with Crippen LogP contribution in [-0.4, -0.2) is 36.8 Å². The third-order valence-electron chi connectivity index (χ3n) is 3.34. The fourth-order valence-corrected chi connectivity index (χ4v) is 2.26. The number of nitrogens with one attached hydrogen (secondary N) is 2. The van der Waals surface area contributed by atoms with Crippen LogP contribution in [0.4, 0.5) is 9.18 Å². The highest BCUT2D eigenvalue weighted by atomic mass is 19.1. The number of carbonyl (C=O) groups excluding carboxylic acids is 2. The van der Waals surface area contributed by atoms with Gasteiger partial charge < -0.3 is 20.1 Å². The van der Waals surface area contributed by atoms with Crippen LogP contribution in [0.5, 0.6) is 5.75 Å². The third-order valence-corrected chi connectivity index (χ3v) is 3.34. The molecule has 0 aromatic heterocycles. The molecule has 0 radical (unpaired) electrons. The molecule has 0 saturated heterocycles. The summed E-state index contributed by atoms with van der Waals surface area (Å²) in [6.07, 6.45) is -0.405. The number of amides is 2. The standard InChI is InChI=1S/C19H29FN2O4/c1-12(2)9-17(22-19(24)26-13(3)4)18(23)21-14(5)11-25-16-8-6-7-15(20)10-16/h6-8,10,12-14,17H,9,11H2,1-5H3,(H,21,23)(H,22,24). The first-order valence-corrected chi connectivity index (χ1v) is 8.83. The van der Waals surface area contributed by atoms with Gasteiger partial charge in [0.15, 0.2) is 0 Å². The van der Waals surface area contributed by atoms with Gasteiger partial charge in [0.05, 0.1) is 12.1 Å². The van der Waals surface area contributed by atoms with Gasteiger partial charge in [0, 0.05) is 6.07 Å². The van der Waals surface area contributed by atoms with Crippen molar-refractivity contribution in [3.8, 4) is 5.75 Å². The van der Waals surface area contributed by atoms with Crippen molar-refractivity contribution < 1.29 is 23.5 Å². The van der Waals surface area contributed by atoms with Crippen molar-refractivity contribution in [1.82, 2.24) is 10.6 Å². The number of benzene rings is 1. The summed E-state index contributed by atoms with van der Waals surface area (Å²) in [7, 11) is 0. The maximum Gasteiger partial charge on any atom is 0.408 e. The van der Waals surface area contributed by atoms with Crippen LogP contribution in [0.25, 0.3) is 0 Å². The number of alkyl carbamates (subject to hydrolysis) is 1. The van der Waals surface area contributed by atoms with Gasteiger partial charge in [-0.3, -0.25) is 4.79 Å². The van der Waals surface area contributed by atoms with E-state index in [2.05, 4.69) is 10.6 Å². The van der Waals surface area contributed by atoms with Crippen LogP contribution >= 0.6 is 0 Å². The Labute approximate surface area is 154 Å². The van der Waals surface area contributed by atoms with Gasteiger partial charge in [-0.25, -0.2) is 9.18 Å². The Morgan fingerprint density at radius 3 is 2.38 bits per heavy atom. The molecule has 2 unspecified atom stereocenters. The molecule has 0 heterocycles. The van der Waals surface area contributed by atoms with E-state index in [9.17, 15) is 14.0 Å². The van der Waals surface area contributed by atoms with Crippen LogP contribution in [0.15, 0.2) is 24.3 Å². The Morgan fingerprint density at radius 1 is 1.12 bits per heavy atom. The van der Waals surface area contributed by atoms with Crippen molar-refractivity contribution in [2.75, 3.05) is 6.61 Å². The van der Waals surface area contributed by atoms with Crippen LogP contribution in [0.1, 0.15) is 41.0 Å². The SMILES string of the molecule is CC(C)CC(NC(=O)OC(C)C)C(=O)NC(C)COc1cccc(F)c1. The summed E-state index contributed by atoms with van der Waals surface area (Å²) in [6.45, 7) is 9.36. The molecule has 1 aromatic carbocycles. The molecular weight excluding hydrogens is 339 g/mol. The van der Waals surface area contributed by atoms with E-state index >= 15 is 0 Å². The minimum absolute atomic E-state index is 0.181. The number of halogens is 1. The topological polar surface area (TPSA) is 76.7 Å². The van der Waals surface area contributed by atoms with Crippen LogP contribution < -0.4 is 15.4 Å². The first-order chi connectivity index (χ1) is 12.2. The minimum Gasteiger partial charge on any atom is -0.491 e. The van der Waals surface area contributed by atoms with Crippen molar-refractivity contribution in [2.24, 2.45) is 5.92 Å². The molecule has 1 aromatic rings. The molecule has 1 rings (SSSR count). The molecular formula is C19H29FN2O4. The van der Waals surface area contributed by atoms with Gasteiger partial charge in [-0.05, 0) is 45.2 Å². The van der Waals surface area contributed by atoms with E-state index in [0.717, 1.165) is 0 Å². The van der Waals surface area contributed by atoms with E-state index < -0.39 is 12.1 Å². The van der Waals surface area contributed by atoms with Gasteiger partial charge in [-0.15, -0.1) is 0 Å². The zero-order valence-electron chi connectivity index (χ0n) is 16.0. The van der Waals surface area contributed by atoms with Gasteiger partial charge in [-0.1, -0.05) is 19.9 Å². The van der Waals surface area contributed by atoms with Crippen molar-refractivity contribution in [3.05, 3.63) is 30.1 Å². The van der Waals surface area contributed by atoms with Gasteiger partial charge in [0.25, 0.3) is 0 Å². The van der Waals surface area contributed by atoms with Gasteiger partial charge >= 0.3 is 6.09 Å². The van der Waals surface area contributed by atoms with E-state index in [4.69, 9.17) is 9.47 Å². The second-order valence-electron chi connectivity index (χ2n) is 6.96. The van der Waals surface area contributed by atoms with Crippen LogP contribution in [0, 0.1) is 11.7 Å². The van der Waals surface area contributed by atoms with Crippen molar-refractivity contribution >= 4 is 12.0 Å². The summed E-state index contributed by atoms with van der Waals surface area (Å²) in [5.74, 6) is -0.0915. The van der Waals surface area contributed by atoms with Crippen LogP contribution in [-0.2, 0) is 9.53 Å². The Kier molecular flexibility index (Phi) is 8.88. The van der Waals surface area contributed by atoms with E-state index in [1.165, 1.54) is 12.1 Å². The second-order valence-corrected chi connectivity index (χ2v) is 6.96. The van der Waals surface area contributed by atoms with Crippen LogP contribution in [0.3, 0.4) is 0 Å². The molecule has 6 nitrogen and oxygen atoms in total. The summed E-state index contributed by atoms with van der Waals surface area (Å²) in [6, 6.07) is 4.79. The summed E-state index contributed by atoms with van der Waals surface area (Å²) >= 11 is 0. The van der Waals surface area contributed by atoms with E-state index in [1.807, 2.05) is 13.8 Å². The first-order valence-electron chi connectivity index (χ1n) is 8.83. The van der Waals surface area contributed by atoms with E-state index in [-0.39, 0.29) is 36.4 Å². The number of carbonyl (C=O) groups is 2. The number of hydrogen-bond acceptors (Lipinski definition) is 4. The normalized spacial score (nSPS) is 13.2. The van der Waals surface area contributed by atoms with E-state index in [0.29, 0.717) is 12.2 Å². The fourth-order valence-electron chi connectivity index (χ4n) is 2.26. The molecule has 0 saturated carbocycles. The zero-order chi connectivity index (χ0) is 19.7. The van der Waals surface area contributed by atoms with E-state index in [1.54, 1.807) is 32.9 Å². The molecule has 2 amide bonds. The molecule has 0 aliphatic carbocycles. The Balaban J connectivity index is 2.56. The molecule has 0 bridgehead atoms. The molecule has 26 heavy (non-hydrogen) atoms. The van der Waals surface area contributed by atoms with Gasteiger partial charge in [0.1, 0.15) is 24.2 Å². The largest absolute Gasteiger partial charge is 0.491 e. The monoisotopic (exact) mass is 368 g/mol. The van der Waals surface area contributed by atoms with Crippen molar-refractivity contribution in [1.29, 1.82) is 0 Å². The predicted molar refractivity (Wildman–Crippen MR) is 97.5 cm³/mol. The average Bonchev–Trinajstić information content (AvgIpc) is 2.51. The molecule has 7 heteroatoms. The molecule has 0 aliphatic rings. The summed E-state index contributed by atoms with van der Waals surface area (Å²) in [5, 5.41) is 5.40. The quantitative estimate of drug-likeness (QED) is 0.701. The highest BCUT2D eigenvalue weighted by molar-refractivity contribution is 5.85. The third kappa shape index (κ3) is 8.69. The fraction of sp³-hybridized carbons (Fsp3) is 0.579. The Morgan fingerprint density at radius 2 is 1.81 bits per heavy atom. The molecule has 0 aliphatic heterocycles. The van der Waals surface area contributed by atoms with Gasteiger partial charge in [-0.2, -0.15) is 0 Å². The molecule has 0 spiro atoms. The Hall–Kier alpha value is -2.31. The highest BCUT2D eigenvalue weighted by Gasteiger charge is 2.24. The first kappa shape index (κ1) is 21.7. The lowest BCUT2D eigenvalue weighted by molar-refractivity contribution is -0.124. The number of rotatable bonds is 9. The summed E-state index contributed by atoms with van der Waals surface area (Å²) in [4.78, 5) is 24.3. The summed E-state index contributed by atoms with van der Waals surface area (Å²) in [5.41, 5.74) is 0. The lowest BCUT2D eigenvalue weighted by atomic mass is 10.0. The highest BCUT2D eigenvalue weighted by Crippen LogP contribution is 2.12. The predicted octanol–water partition coefficient (Wildman–Crippen LogP) is 3.26. The summed E-state index contributed by atoms with van der Waals surface area (Å²) < 4.78 is 23.7. The zero-order valence-corrected chi connectivity index (χ0v) is 16.0. The minimum atomic E-state index is -0.696. The lowest BCUT2D eigenvalue weighted by Crippen LogP contribution is -2.51. The number of ether oxygens (including phenoxy) is 2. The smallest absolute Gasteiger partial charge is 0.408 e. The maximum atomic E-state index is 13.1. The maximum absolute atomic E-state index is 13.1. The molecule has 146 valence electrons. The average molecular weight is 368 g/mol. The second kappa shape index (κ2) is 10.6. The van der Waals surface area contributed by atoms with Crippen molar-refractivity contribution in [2.45, 2.75) is 59.2 Å². The lowest BCUT2D eigenvalue weighted by Gasteiger charge is -2.23. The van der Waals surface area contributed by atoms with Gasteiger partial charge in [0.2, 0.25) is 5.91 Å². The van der Waals surface area contributed by atoms with Crippen LogP contribution in [0.2, 0.25) is 0 Å². The number of hydrogen-bond donors (Lipinski definition) is 2. The molecule has 2 atom stereocenters. The molecule has 0 fully saturated rings.